The number of urea groups is 1. The van der Waals surface area contributed by atoms with E-state index in [1.54, 1.807) is 11.0 Å². The summed E-state index contributed by atoms with van der Waals surface area (Å²) in [6, 6.07) is 10.4. The van der Waals surface area contributed by atoms with Crippen LogP contribution in [0.4, 0.5) is 21.9 Å². The number of amides is 3. The zero-order valence-electron chi connectivity index (χ0n) is 23.1. The molecule has 1 saturated carbocycles. The molecule has 2 aromatic carbocycles. The minimum Gasteiger partial charge on any atom is -0.505 e. The van der Waals surface area contributed by atoms with Crippen LogP contribution in [0, 0.1) is 0 Å². The van der Waals surface area contributed by atoms with E-state index in [0.717, 1.165) is 49.1 Å². The first-order chi connectivity index (χ1) is 17.5. The molecule has 0 radical (unpaired) electrons. The number of ether oxygens (including phenoxy) is 1. The van der Waals surface area contributed by atoms with Crippen molar-refractivity contribution in [2.75, 3.05) is 42.4 Å². The largest absolute Gasteiger partial charge is 0.505 e. The van der Waals surface area contributed by atoms with Crippen LogP contribution in [-0.2, 0) is 10.2 Å². The fourth-order valence-electron chi connectivity index (χ4n) is 4.90. The molecule has 1 aliphatic rings. The Morgan fingerprint density at radius 1 is 1.00 bits per heavy atom. The smallest absolute Gasteiger partial charge is 0.336 e. The predicted molar refractivity (Wildman–Crippen MR) is 150 cm³/mol. The molecule has 0 spiro atoms. The molecule has 0 bridgehead atoms. The lowest BCUT2D eigenvalue weighted by Gasteiger charge is -2.36. The molecule has 0 saturated heterocycles. The second kappa shape index (κ2) is 11.9. The van der Waals surface area contributed by atoms with Crippen LogP contribution in [0.3, 0.4) is 0 Å². The summed E-state index contributed by atoms with van der Waals surface area (Å²) in [5, 5.41) is 11.3. The molecule has 3 N–H and O–H groups in total. The Kier molecular flexibility index (Phi) is 9.07. The summed E-state index contributed by atoms with van der Waals surface area (Å²) in [6.07, 6.45) is 5.93. The van der Waals surface area contributed by atoms with Crippen LogP contribution in [0.15, 0.2) is 36.4 Å². The van der Waals surface area contributed by atoms with E-state index >= 15 is 0 Å². The van der Waals surface area contributed by atoms with Crippen LogP contribution in [0.5, 0.6) is 11.5 Å². The van der Waals surface area contributed by atoms with E-state index in [2.05, 4.69) is 0 Å². The zero-order chi connectivity index (χ0) is 27.3. The summed E-state index contributed by atoms with van der Waals surface area (Å²) >= 11 is 0. The number of nitrogens with two attached hydrogens (primary N) is 1. The molecule has 0 unspecified atom stereocenters. The third-order valence-corrected chi connectivity index (χ3v) is 7.00. The molecule has 3 rings (SSSR count). The number of benzene rings is 2. The highest BCUT2D eigenvalue weighted by Crippen LogP contribution is 2.42. The van der Waals surface area contributed by atoms with E-state index in [-0.39, 0.29) is 24.0 Å². The second-order valence-corrected chi connectivity index (χ2v) is 10.9. The Balaban J connectivity index is 2.19. The van der Waals surface area contributed by atoms with Gasteiger partial charge in [0.25, 0.3) is 0 Å². The van der Waals surface area contributed by atoms with Crippen LogP contribution >= 0.6 is 0 Å². The Labute approximate surface area is 221 Å². The van der Waals surface area contributed by atoms with Gasteiger partial charge in [-0.2, -0.15) is 0 Å². The number of methoxy groups -OCH3 is 1. The number of imide groups is 1. The van der Waals surface area contributed by atoms with Crippen molar-refractivity contribution >= 4 is 29.0 Å². The number of carbonyl (C=O) groups is 2. The molecule has 8 nitrogen and oxygen atoms in total. The van der Waals surface area contributed by atoms with Crippen molar-refractivity contribution in [2.24, 2.45) is 5.73 Å². The molecule has 0 aromatic heterocycles. The van der Waals surface area contributed by atoms with Crippen molar-refractivity contribution in [3.63, 3.8) is 0 Å². The Bertz CT molecular complexity index is 1080. The van der Waals surface area contributed by atoms with Crippen molar-refractivity contribution in [3.05, 3.63) is 42.0 Å². The van der Waals surface area contributed by atoms with Crippen molar-refractivity contribution in [3.8, 4) is 11.5 Å². The molecule has 8 heteroatoms. The minimum atomic E-state index is -0.600. The number of nitrogens with zero attached hydrogens (tertiary/aromatic N) is 3. The second-order valence-electron chi connectivity index (χ2n) is 10.9. The van der Waals surface area contributed by atoms with Gasteiger partial charge in [-0.1, -0.05) is 46.5 Å². The molecular weight excluding hydrogens is 468 g/mol. The number of phenols is 1. The number of aromatic hydroxyl groups is 1. The predicted octanol–water partition coefficient (Wildman–Crippen LogP) is 5.41. The maximum absolute atomic E-state index is 14.4. The molecule has 0 atom stereocenters. The minimum absolute atomic E-state index is 0.0771. The van der Waals surface area contributed by atoms with E-state index in [1.165, 1.54) is 13.2 Å². The number of rotatable bonds is 6. The molecule has 202 valence electrons. The molecule has 0 aliphatic heterocycles. The van der Waals surface area contributed by atoms with Crippen molar-refractivity contribution in [2.45, 2.75) is 70.8 Å². The van der Waals surface area contributed by atoms with Crippen molar-refractivity contribution in [1.82, 2.24) is 0 Å². The Hall–Kier alpha value is -3.26. The number of anilines is 3. The van der Waals surface area contributed by atoms with Gasteiger partial charge in [-0.25, -0.2) is 9.69 Å². The van der Waals surface area contributed by atoms with E-state index in [9.17, 15) is 14.7 Å². The average molecular weight is 511 g/mol. The number of carbonyl (C=O) groups excluding carboxylic acids is 2. The highest BCUT2D eigenvalue weighted by Gasteiger charge is 2.36. The van der Waals surface area contributed by atoms with Gasteiger partial charge in [-0.15, -0.1) is 0 Å². The summed E-state index contributed by atoms with van der Waals surface area (Å²) in [6.45, 7) is 5.47. The van der Waals surface area contributed by atoms with Gasteiger partial charge < -0.3 is 20.5 Å². The summed E-state index contributed by atoms with van der Waals surface area (Å²) in [5.41, 5.74) is 7.70. The molecular formula is C29H42N4O4. The van der Waals surface area contributed by atoms with E-state index in [1.807, 2.05) is 64.0 Å². The first-order valence-electron chi connectivity index (χ1n) is 13.0. The van der Waals surface area contributed by atoms with Gasteiger partial charge in [-0.05, 0) is 48.6 Å². The quantitative estimate of drug-likeness (QED) is 0.505. The lowest BCUT2D eigenvalue weighted by Crippen LogP contribution is -2.52. The standard InChI is InChI=1S/C29H42N4O4/c1-29(2,3)24-17-23(37-6)18-25(27(24)35)33(26(34)19-30)28(36)32(21-11-9-7-8-10-12-21)22-15-13-20(14-16-22)31(4)5/h13-18,21,35H,7-12,19,30H2,1-6H3. The number of hydrogen-bond acceptors (Lipinski definition) is 6. The van der Waals surface area contributed by atoms with Crippen molar-refractivity contribution in [1.29, 1.82) is 0 Å². The molecule has 1 aliphatic carbocycles. The van der Waals surface area contributed by atoms with Crippen molar-refractivity contribution < 1.29 is 19.4 Å². The van der Waals surface area contributed by atoms with Crippen LogP contribution in [0.25, 0.3) is 0 Å². The summed E-state index contributed by atoms with van der Waals surface area (Å²) in [5.74, 6) is -0.291. The lowest BCUT2D eigenvalue weighted by molar-refractivity contribution is -0.116. The molecule has 37 heavy (non-hydrogen) atoms. The summed E-state index contributed by atoms with van der Waals surface area (Å²) in [7, 11) is 5.44. The highest BCUT2D eigenvalue weighted by molar-refractivity contribution is 6.21. The Morgan fingerprint density at radius 3 is 2.05 bits per heavy atom. The number of phenolic OH excluding ortho intramolecular Hbond substituents is 1. The van der Waals surface area contributed by atoms with Gasteiger partial charge in [0.05, 0.1) is 19.3 Å². The third kappa shape index (κ3) is 6.36. The van der Waals surface area contributed by atoms with Gasteiger partial charge in [0.15, 0.2) is 0 Å². The van der Waals surface area contributed by atoms with Gasteiger partial charge >= 0.3 is 6.03 Å². The van der Waals surface area contributed by atoms with Gasteiger partial charge in [0.1, 0.15) is 11.5 Å². The fourth-order valence-corrected chi connectivity index (χ4v) is 4.90. The maximum atomic E-state index is 14.4. The molecule has 2 aromatic rings. The van der Waals surface area contributed by atoms with Crippen LogP contribution in [-0.4, -0.2) is 50.8 Å². The number of hydrogen-bond donors (Lipinski definition) is 2. The first kappa shape index (κ1) is 28.3. The summed E-state index contributed by atoms with van der Waals surface area (Å²) in [4.78, 5) is 32.4. The zero-order valence-corrected chi connectivity index (χ0v) is 23.1. The van der Waals surface area contributed by atoms with E-state index in [0.29, 0.717) is 17.0 Å². The summed E-state index contributed by atoms with van der Waals surface area (Å²) < 4.78 is 5.49. The fraction of sp³-hybridized carbons (Fsp3) is 0.517. The molecule has 1 fully saturated rings. The monoisotopic (exact) mass is 510 g/mol. The van der Waals surface area contributed by atoms with Crippen LogP contribution in [0.1, 0.15) is 64.9 Å². The van der Waals surface area contributed by atoms with Crippen LogP contribution in [0.2, 0.25) is 0 Å². The molecule has 3 amide bonds. The van der Waals surface area contributed by atoms with E-state index < -0.39 is 17.4 Å². The maximum Gasteiger partial charge on any atom is 0.336 e. The molecule has 0 heterocycles. The lowest BCUT2D eigenvalue weighted by atomic mass is 9.85. The highest BCUT2D eigenvalue weighted by atomic mass is 16.5. The van der Waals surface area contributed by atoms with Gasteiger partial charge in [-0.3, -0.25) is 9.69 Å². The third-order valence-electron chi connectivity index (χ3n) is 7.00. The van der Waals surface area contributed by atoms with Gasteiger partial charge in [0.2, 0.25) is 5.91 Å². The normalized spacial score (nSPS) is 14.6. The van der Waals surface area contributed by atoms with Crippen LogP contribution < -0.4 is 25.2 Å². The SMILES string of the molecule is COc1cc(N(C(=O)CN)C(=O)N(c2ccc(N(C)C)cc2)C2CCCCCC2)c(O)c(C(C)(C)C)c1. The van der Waals surface area contributed by atoms with Gasteiger partial charge in [0, 0.05) is 43.1 Å². The first-order valence-corrected chi connectivity index (χ1v) is 13.0. The topological polar surface area (TPSA) is 99.3 Å². The average Bonchev–Trinajstić information content (AvgIpc) is 3.14. The Morgan fingerprint density at radius 2 is 1.57 bits per heavy atom. The van der Waals surface area contributed by atoms with E-state index in [4.69, 9.17) is 10.5 Å².